The Morgan fingerprint density at radius 2 is 2.03 bits per heavy atom. The fourth-order valence-electron chi connectivity index (χ4n) is 3.49. The number of primary sulfonamides is 1. The van der Waals surface area contributed by atoms with Crippen molar-refractivity contribution in [1.29, 1.82) is 0 Å². The number of nitrogens with zero attached hydrogens (tertiary/aromatic N) is 4. The predicted molar refractivity (Wildman–Crippen MR) is 99.1 cm³/mol. The highest BCUT2D eigenvalue weighted by Gasteiger charge is 2.39. The molecule has 2 aliphatic rings. The number of amides is 3. The summed E-state index contributed by atoms with van der Waals surface area (Å²) in [6, 6.07) is 4.46. The second-order valence-electron chi connectivity index (χ2n) is 7.01. The minimum absolute atomic E-state index is 0.144. The number of nitrogens with one attached hydrogen (secondary N) is 1. The highest BCUT2D eigenvalue weighted by Crippen LogP contribution is 2.29. The molecule has 1 atom stereocenters. The Balaban J connectivity index is 1.53. The predicted octanol–water partition coefficient (Wildman–Crippen LogP) is -1.14. The molecule has 3 N–H and O–H groups in total. The Kier molecular flexibility index (Phi) is 4.67. The van der Waals surface area contributed by atoms with Gasteiger partial charge in [0.2, 0.25) is 21.8 Å². The molecule has 152 valence electrons. The molecular formula is C17H18N6O5S. The van der Waals surface area contributed by atoms with Crippen molar-refractivity contribution in [3.8, 4) is 5.69 Å². The van der Waals surface area contributed by atoms with Crippen molar-refractivity contribution in [3.63, 3.8) is 0 Å². The summed E-state index contributed by atoms with van der Waals surface area (Å²) in [4.78, 5) is 37.6. The molecule has 1 fully saturated rings. The van der Waals surface area contributed by atoms with Crippen LogP contribution in [-0.4, -0.2) is 57.8 Å². The van der Waals surface area contributed by atoms with Crippen LogP contribution in [-0.2, 0) is 32.6 Å². The summed E-state index contributed by atoms with van der Waals surface area (Å²) in [7, 11) is -3.59. The minimum atomic E-state index is -3.59. The lowest BCUT2D eigenvalue weighted by molar-refractivity contribution is -0.136. The van der Waals surface area contributed by atoms with Gasteiger partial charge in [-0.15, -0.1) is 5.10 Å². The van der Waals surface area contributed by atoms with Gasteiger partial charge >= 0.3 is 0 Å². The van der Waals surface area contributed by atoms with Gasteiger partial charge in [0, 0.05) is 24.9 Å². The maximum absolute atomic E-state index is 12.7. The van der Waals surface area contributed by atoms with Crippen LogP contribution in [0.5, 0.6) is 0 Å². The maximum Gasteiger partial charge on any atom is 0.255 e. The highest BCUT2D eigenvalue weighted by atomic mass is 32.2. The molecule has 0 aliphatic carbocycles. The van der Waals surface area contributed by atoms with Crippen LogP contribution in [0.25, 0.3) is 5.69 Å². The molecule has 2 aromatic rings. The van der Waals surface area contributed by atoms with Crippen molar-refractivity contribution >= 4 is 27.7 Å². The molecule has 1 saturated heterocycles. The number of sulfonamides is 1. The van der Waals surface area contributed by atoms with Gasteiger partial charge in [0.25, 0.3) is 5.91 Å². The number of imide groups is 1. The smallest absolute Gasteiger partial charge is 0.255 e. The fourth-order valence-corrected chi connectivity index (χ4v) is 3.98. The molecule has 3 heterocycles. The third-order valence-corrected chi connectivity index (χ3v) is 5.73. The van der Waals surface area contributed by atoms with E-state index in [1.807, 2.05) is 0 Å². The Morgan fingerprint density at radius 1 is 1.24 bits per heavy atom. The standard InChI is InChI=1S/C17H18N6O5S/c18-29(27,28)6-5-11-9-23(21-20-11)12-1-2-13-10(7-12)8-22(17(13)26)14-3-4-15(24)19-16(14)25/h1-2,7,9,14H,3-6,8H2,(H2,18,27,28)(H,19,24,25). The van der Waals surface area contributed by atoms with Crippen molar-refractivity contribution < 1.29 is 22.8 Å². The molecule has 3 amide bonds. The van der Waals surface area contributed by atoms with Gasteiger partial charge in [0.05, 0.1) is 23.3 Å². The number of fused-ring (bicyclic) bond motifs is 1. The number of carbonyl (C=O) groups excluding carboxylic acids is 3. The first-order valence-electron chi connectivity index (χ1n) is 8.91. The fraction of sp³-hybridized carbons (Fsp3) is 0.353. The van der Waals surface area contributed by atoms with Gasteiger partial charge in [0.15, 0.2) is 0 Å². The molecule has 1 aromatic carbocycles. The molecule has 29 heavy (non-hydrogen) atoms. The summed E-state index contributed by atoms with van der Waals surface area (Å²) in [5.41, 5.74) is 2.35. The van der Waals surface area contributed by atoms with Gasteiger partial charge in [-0.25, -0.2) is 18.2 Å². The van der Waals surface area contributed by atoms with Crippen molar-refractivity contribution in [2.75, 3.05) is 5.75 Å². The average Bonchev–Trinajstić information content (AvgIpc) is 3.24. The van der Waals surface area contributed by atoms with Crippen molar-refractivity contribution in [2.45, 2.75) is 31.8 Å². The molecule has 12 heteroatoms. The van der Waals surface area contributed by atoms with Crippen LogP contribution in [0, 0.1) is 0 Å². The zero-order chi connectivity index (χ0) is 20.8. The molecule has 0 bridgehead atoms. The van der Waals surface area contributed by atoms with Gasteiger partial charge in [0.1, 0.15) is 6.04 Å². The number of hydrogen-bond donors (Lipinski definition) is 2. The Hall–Kier alpha value is -3.12. The van der Waals surface area contributed by atoms with E-state index < -0.39 is 22.0 Å². The lowest BCUT2D eigenvalue weighted by atomic mass is 10.0. The number of benzene rings is 1. The first kappa shape index (κ1) is 19.2. The number of aryl methyl sites for hydroxylation is 1. The Bertz CT molecular complexity index is 1130. The van der Waals surface area contributed by atoms with E-state index in [0.717, 1.165) is 5.56 Å². The van der Waals surface area contributed by atoms with Crippen LogP contribution >= 0.6 is 0 Å². The van der Waals surface area contributed by atoms with Crippen LogP contribution in [0.15, 0.2) is 24.4 Å². The Morgan fingerprint density at radius 3 is 2.76 bits per heavy atom. The molecular weight excluding hydrogens is 400 g/mol. The van der Waals surface area contributed by atoms with Gasteiger partial charge < -0.3 is 4.90 Å². The van der Waals surface area contributed by atoms with Crippen molar-refractivity contribution in [3.05, 3.63) is 41.2 Å². The van der Waals surface area contributed by atoms with Crippen molar-refractivity contribution in [2.24, 2.45) is 5.14 Å². The number of rotatable bonds is 5. The highest BCUT2D eigenvalue weighted by molar-refractivity contribution is 7.89. The number of hydrogen-bond acceptors (Lipinski definition) is 7. The number of carbonyl (C=O) groups is 3. The van der Waals surface area contributed by atoms with Gasteiger partial charge in [-0.05, 0) is 30.2 Å². The first-order chi connectivity index (χ1) is 13.7. The molecule has 4 rings (SSSR count). The largest absolute Gasteiger partial charge is 0.322 e. The molecule has 0 radical (unpaired) electrons. The molecule has 1 aromatic heterocycles. The van der Waals surface area contributed by atoms with Gasteiger partial charge in [-0.1, -0.05) is 5.21 Å². The monoisotopic (exact) mass is 418 g/mol. The van der Waals surface area contributed by atoms with Crippen LogP contribution in [0.2, 0.25) is 0 Å². The van der Waals surface area contributed by atoms with Crippen LogP contribution < -0.4 is 10.5 Å². The minimum Gasteiger partial charge on any atom is -0.322 e. The maximum atomic E-state index is 12.7. The van der Waals surface area contributed by atoms with E-state index in [1.165, 1.54) is 9.58 Å². The van der Waals surface area contributed by atoms with Crippen molar-refractivity contribution in [1.82, 2.24) is 25.2 Å². The number of aromatic nitrogens is 3. The molecule has 0 saturated carbocycles. The number of piperidine rings is 1. The molecule has 0 spiro atoms. The van der Waals surface area contributed by atoms with E-state index in [0.29, 0.717) is 23.4 Å². The summed E-state index contributed by atoms with van der Waals surface area (Å²) in [5.74, 6) is -1.28. The van der Waals surface area contributed by atoms with Crippen LogP contribution in [0.4, 0.5) is 0 Å². The lowest BCUT2D eigenvalue weighted by Gasteiger charge is -2.29. The second-order valence-corrected chi connectivity index (χ2v) is 8.75. The third kappa shape index (κ3) is 3.89. The van der Waals surface area contributed by atoms with Gasteiger partial charge in [-0.3, -0.25) is 19.7 Å². The number of nitrogens with two attached hydrogens (primary N) is 1. The summed E-state index contributed by atoms with van der Waals surface area (Å²) < 4.78 is 23.6. The van der Waals surface area contributed by atoms with E-state index in [2.05, 4.69) is 15.6 Å². The lowest BCUT2D eigenvalue weighted by Crippen LogP contribution is -2.52. The van der Waals surface area contributed by atoms with E-state index in [9.17, 15) is 22.8 Å². The molecule has 2 aliphatic heterocycles. The van der Waals surface area contributed by atoms with Gasteiger partial charge in [-0.2, -0.15) is 0 Å². The summed E-state index contributed by atoms with van der Waals surface area (Å²) >= 11 is 0. The summed E-state index contributed by atoms with van der Waals surface area (Å²) in [5, 5.41) is 15.2. The second kappa shape index (κ2) is 7.04. The van der Waals surface area contributed by atoms with E-state index >= 15 is 0 Å². The normalized spacial score (nSPS) is 19.4. The van der Waals surface area contributed by atoms with Crippen LogP contribution in [0.3, 0.4) is 0 Å². The quantitative estimate of drug-likeness (QED) is 0.581. The molecule has 11 nitrogen and oxygen atoms in total. The first-order valence-corrected chi connectivity index (χ1v) is 10.6. The average molecular weight is 418 g/mol. The Labute approximate surface area is 165 Å². The summed E-state index contributed by atoms with van der Waals surface area (Å²) in [6.45, 7) is 0.251. The van der Waals surface area contributed by atoms with E-state index in [4.69, 9.17) is 5.14 Å². The topological polar surface area (TPSA) is 157 Å². The van der Waals surface area contributed by atoms with E-state index in [1.54, 1.807) is 24.4 Å². The third-order valence-electron chi connectivity index (χ3n) is 4.96. The summed E-state index contributed by atoms with van der Waals surface area (Å²) in [6.07, 6.45) is 2.24. The SMILES string of the molecule is NS(=O)(=O)CCc1cn(-c2ccc3c(c2)CN(C2CCC(=O)NC2=O)C3=O)nn1. The zero-order valence-corrected chi connectivity index (χ0v) is 16.1. The zero-order valence-electron chi connectivity index (χ0n) is 15.2. The molecule has 1 unspecified atom stereocenters. The van der Waals surface area contributed by atoms with E-state index in [-0.39, 0.29) is 37.0 Å². The van der Waals surface area contributed by atoms with Crippen LogP contribution in [0.1, 0.15) is 34.5 Å².